The van der Waals surface area contributed by atoms with Gasteiger partial charge in [-0.3, -0.25) is 0 Å². The Morgan fingerprint density at radius 1 is 1.19 bits per heavy atom. The van der Waals surface area contributed by atoms with Crippen molar-refractivity contribution in [1.29, 1.82) is 0 Å². The number of hydrogen-bond acceptors (Lipinski definition) is 4. The monoisotopic (exact) mass is 431 g/mol. The number of aromatic nitrogens is 2. The zero-order valence-electron chi connectivity index (χ0n) is 14.0. The van der Waals surface area contributed by atoms with Crippen LogP contribution in [-0.4, -0.2) is 30.5 Å². The largest absolute Gasteiger partial charge is 0.313 e. The predicted molar refractivity (Wildman–Crippen MR) is 107 cm³/mol. The number of fused-ring (bicyclic) bond motifs is 1. The Kier molecular flexibility index (Phi) is 4.69. The minimum absolute atomic E-state index is 0.0651. The number of hydrogen-bond donors (Lipinski definition) is 1. The molecule has 2 aromatic heterocycles. The van der Waals surface area contributed by atoms with Gasteiger partial charge in [0, 0.05) is 22.6 Å². The minimum atomic E-state index is -3.62. The smallest absolute Gasteiger partial charge is 0.244 e. The topological polar surface area (TPSA) is 64.0 Å². The van der Waals surface area contributed by atoms with Crippen molar-refractivity contribution in [2.24, 2.45) is 0 Å². The van der Waals surface area contributed by atoms with E-state index >= 15 is 0 Å². The molecule has 5 nitrogen and oxygen atoms in total. The van der Waals surface area contributed by atoms with Crippen LogP contribution in [0.1, 0.15) is 17.7 Å². The molecule has 0 spiro atoms. The maximum atomic E-state index is 13.3. The summed E-state index contributed by atoms with van der Waals surface area (Å²) in [5.74, 6) is -0.0651. The predicted octanol–water partition coefficient (Wildman–Crippen LogP) is 3.55. The standard InChI is InChI=1S/C19H18BrN3O2S/c20-17-8-11-22-19-16(17)12-18(15-6-9-21-10-7-15)23(19)26(24,25)13-14-4-2-1-3-5-14/h1-6,8,11-12,21H,7,9-10,13H2. The molecule has 134 valence electrons. The van der Waals surface area contributed by atoms with Gasteiger partial charge in [0.2, 0.25) is 10.0 Å². The van der Waals surface area contributed by atoms with Gasteiger partial charge in [-0.25, -0.2) is 17.4 Å². The van der Waals surface area contributed by atoms with Crippen molar-refractivity contribution in [3.8, 4) is 0 Å². The molecule has 1 aliphatic rings. The fourth-order valence-corrected chi connectivity index (χ4v) is 5.28. The average Bonchev–Trinajstić information content (AvgIpc) is 3.05. The van der Waals surface area contributed by atoms with E-state index in [0.29, 0.717) is 11.3 Å². The Morgan fingerprint density at radius 3 is 2.73 bits per heavy atom. The SMILES string of the molecule is O=S(=O)(Cc1ccccc1)n1c(C2=CCNCC2)cc2c(Br)ccnc21. The van der Waals surface area contributed by atoms with Crippen molar-refractivity contribution >= 4 is 42.6 Å². The Balaban J connectivity index is 1.92. The van der Waals surface area contributed by atoms with Gasteiger partial charge in [0.25, 0.3) is 0 Å². The first kappa shape index (κ1) is 17.5. The highest BCUT2D eigenvalue weighted by Gasteiger charge is 2.25. The Morgan fingerprint density at radius 2 is 2.00 bits per heavy atom. The van der Waals surface area contributed by atoms with Gasteiger partial charge in [-0.15, -0.1) is 0 Å². The van der Waals surface area contributed by atoms with Gasteiger partial charge in [0.05, 0.1) is 11.4 Å². The van der Waals surface area contributed by atoms with Gasteiger partial charge in [-0.05, 0) is 52.2 Å². The molecule has 0 amide bonds. The molecule has 0 aliphatic carbocycles. The van der Waals surface area contributed by atoms with E-state index in [-0.39, 0.29) is 5.75 Å². The first-order valence-electron chi connectivity index (χ1n) is 8.39. The zero-order valence-corrected chi connectivity index (χ0v) is 16.4. The third kappa shape index (κ3) is 3.22. The Labute approximate surface area is 160 Å². The van der Waals surface area contributed by atoms with Crippen LogP contribution in [0.3, 0.4) is 0 Å². The first-order chi connectivity index (χ1) is 12.6. The van der Waals surface area contributed by atoms with Crippen LogP contribution in [0.4, 0.5) is 0 Å². The highest BCUT2D eigenvalue weighted by molar-refractivity contribution is 9.10. The van der Waals surface area contributed by atoms with E-state index in [0.717, 1.165) is 40.5 Å². The average molecular weight is 432 g/mol. The second-order valence-corrected chi connectivity index (χ2v) is 8.92. The summed E-state index contributed by atoms with van der Waals surface area (Å²) < 4.78 is 28.9. The molecule has 0 fully saturated rings. The van der Waals surface area contributed by atoms with Gasteiger partial charge in [-0.1, -0.05) is 36.4 Å². The number of pyridine rings is 1. The van der Waals surface area contributed by atoms with Crippen molar-refractivity contribution in [3.05, 3.63) is 70.5 Å². The van der Waals surface area contributed by atoms with Crippen molar-refractivity contribution in [1.82, 2.24) is 14.3 Å². The summed E-state index contributed by atoms with van der Waals surface area (Å²) in [5, 5.41) is 4.07. The maximum absolute atomic E-state index is 13.3. The molecule has 26 heavy (non-hydrogen) atoms. The van der Waals surface area contributed by atoms with Crippen LogP contribution in [0, 0.1) is 0 Å². The molecule has 7 heteroatoms. The second-order valence-electron chi connectivity index (χ2n) is 6.25. The lowest BCUT2D eigenvalue weighted by molar-refractivity contribution is 0.587. The molecule has 0 atom stereocenters. The van der Waals surface area contributed by atoms with Crippen LogP contribution < -0.4 is 5.32 Å². The fraction of sp³-hybridized carbons (Fsp3) is 0.211. The van der Waals surface area contributed by atoms with Crippen molar-refractivity contribution in [2.45, 2.75) is 12.2 Å². The third-order valence-electron chi connectivity index (χ3n) is 4.47. The fourth-order valence-electron chi connectivity index (χ4n) is 3.25. The van der Waals surface area contributed by atoms with E-state index in [1.165, 1.54) is 3.97 Å². The van der Waals surface area contributed by atoms with E-state index in [2.05, 4.69) is 32.3 Å². The summed E-state index contributed by atoms with van der Waals surface area (Å²) in [6.07, 6.45) is 4.47. The van der Waals surface area contributed by atoms with Crippen molar-refractivity contribution in [2.75, 3.05) is 13.1 Å². The molecule has 0 bridgehead atoms. The second kappa shape index (κ2) is 6.98. The third-order valence-corrected chi connectivity index (χ3v) is 6.79. The Hall–Kier alpha value is -1.96. The number of rotatable bonds is 4. The molecular formula is C19H18BrN3O2S. The van der Waals surface area contributed by atoms with E-state index in [1.54, 1.807) is 6.20 Å². The quantitative estimate of drug-likeness (QED) is 0.685. The van der Waals surface area contributed by atoms with Gasteiger partial charge in [0.1, 0.15) is 0 Å². The first-order valence-corrected chi connectivity index (χ1v) is 10.8. The van der Waals surface area contributed by atoms with Crippen LogP contribution in [0.15, 0.2) is 59.2 Å². The number of nitrogens with zero attached hydrogens (tertiary/aromatic N) is 2. The van der Waals surface area contributed by atoms with Crippen molar-refractivity contribution < 1.29 is 8.42 Å². The molecule has 1 aliphatic heterocycles. The number of halogens is 1. The van der Waals surface area contributed by atoms with Crippen LogP contribution in [0.2, 0.25) is 0 Å². The minimum Gasteiger partial charge on any atom is -0.313 e. The summed E-state index contributed by atoms with van der Waals surface area (Å²) in [6.45, 7) is 1.57. The zero-order chi connectivity index (χ0) is 18.1. The van der Waals surface area contributed by atoms with Crippen LogP contribution in [-0.2, 0) is 15.8 Å². The lowest BCUT2D eigenvalue weighted by atomic mass is 10.1. The molecule has 0 saturated heterocycles. The molecule has 0 radical (unpaired) electrons. The van der Waals surface area contributed by atoms with Gasteiger partial charge < -0.3 is 5.32 Å². The van der Waals surface area contributed by atoms with Gasteiger partial charge >= 0.3 is 0 Å². The summed E-state index contributed by atoms with van der Waals surface area (Å²) in [5.41, 5.74) is 2.96. The highest BCUT2D eigenvalue weighted by atomic mass is 79.9. The molecule has 3 aromatic rings. The normalized spacial score (nSPS) is 15.2. The van der Waals surface area contributed by atoms with Gasteiger partial charge in [0.15, 0.2) is 5.65 Å². The lowest BCUT2D eigenvalue weighted by Gasteiger charge is -2.17. The summed E-state index contributed by atoms with van der Waals surface area (Å²) in [6, 6.07) is 13.0. The number of nitrogens with one attached hydrogen (secondary N) is 1. The summed E-state index contributed by atoms with van der Waals surface area (Å²) >= 11 is 3.52. The summed E-state index contributed by atoms with van der Waals surface area (Å²) in [7, 11) is -3.62. The van der Waals surface area contributed by atoms with E-state index in [9.17, 15) is 8.42 Å². The lowest BCUT2D eigenvalue weighted by Crippen LogP contribution is -2.23. The van der Waals surface area contributed by atoms with Crippen LogP contribution in [0.5, 0.6) is 0 Å². The molecule has 0 saturated carbocycles. The molecular weight excluding hydrogens is 414 g/mol. The molecule has 1 N–H and O–H groups in total. The van der Waals surface area contributed by atoms with Crippen molar-refractivity contribution in [3.63, 3.8) is 0 Å². The summed E-state index contributed by atoms with van der Waals surface area (Å²) in [4.78, 5) is 4.38. The maximum Gasteiger partial charge on any atom is 0.244 e. The molecule has 1 aromatic carbocycles. The van der Waals surface area contributed by atoms with Crippen LogP contribution >= 0.6 is 15.9 Å². The van der Waals surface area contributed by atoms with Crippen LogP contribution in [0.25, 0.3) is 16.6 Å². The Bertz CT molecular complexity index is 1090. The molecule has 4 rings (SSSR count). The van der Waals surface area contributed by atoms with E-state index < -0.39 is 10.0 Å². The van der Waals surface area contributed by atoms with E-state index in [1.807, 2.05) is 42.5 Å². The van der Waals surface area contributed by atoms with Gasteiger partial charge in [-0.2, -0.15) is 0 Å². The van der Waals surface area contributed by atoms with E-state index in [4.69, 9.17) is 0 Å². The number of benzene rings is 1. The molecule has 3 heterocycles. The molecule has 0 unspecified atom stereocenters. The highest BCUT2D eigenvalue weighted by Crippen LogP contribution is 2.32.